The van der Waals surface area contributed by atoms with E-state index in [0.29, 0.717) is 30.2 Å². The van der Waals surface area contributed by atoms with Crippen LogP contribution < -0.4 is 20.5 Å². The lowest BCUT2D eigenvalue weighted by Crippen LogP contribution is -2.30. The summed E-state index contributed by atoms with van der Waals surface area (Å²) in [5.74, 6) is -0.191. The Morgan fingerprint density at radius 1 is 1.25 bits per heavy atom. The number of benzene rings is 1. The minimum Gasteiger partial charge on any atom is -0.490 e. The second-order valence-electron chi connectivity index (χ2n) is 4.93. The van der Waals surface area contributed by atoms with Crippen LogP contribution in [0.15, 0.2) is 23.9 Å². The Labute approximate surface area is 139 Å². The van der Waals surface area contributed by atoms with E-state index in [1.54, 1.807) is 31.2 Å². The molecule has 0 bridgehead atoms. The van der Waals surface area contributed by atoms with Gasteiger partial charge in [-0.2, -0.15) is 0 Å². The van der Waals surface area contributed by atoms with Crippen LogP contribution in [0.1, 0.15) is 19.4 Å². The van der Waals surface area contributed by atoms with E-state index in [2.05, 4.69) is 5.32 Å². The number of urea groups is 1. The van der Waals surface area contributed by atoms with Crippen molar-refractivity contribution in [2.45, 2.75) is 13.8 Å². The summed E-state index contributed by atoms with van der Waals surface area (Å²) < 4.78 is 10.8. The Morgan fingerprint density at radius 3 is 2.58 bits per heavy atom. The Kier molecular flexibility index (Phi) is 5.41. The number of ether oxygens (including phenoxy) is 2. The highest BCUT2D eigenvalue weighted by Gasteiger charge is 2.31. The van der Waals surface area contributed by atoms with Gasteiger partial charge < -0.3 is 20.5 Å². The largest absolute Gasteiger partial charge is 0.490 e. The van der Waals surface area contributed by atoms with Crippen molar-refractivity contribution >= 4 is 23.9 Å². The Bertz CT molecular complexity index is 699. The number of likely N-dealkylation sites (N-methyl/N-ethyl adjacent to an activating group) is 1. The highest BCUT2D eigenvalue weighted by Crippen LogP contribution is 2.29. The molecule has 0 radical (unpaired) electrons. The number of hydrogen-bond acceptors (Lipinski definition) is 5. The van der Waals surface area contributed by atoms with Gasteiger partial charge in [-0.05, 0) is 37.6 Å². The molecule has 0 atom stereocenters. The highest BCUT2D eigenvalue weighted by atomic mass is 16.5. The first-order valence-corrected chi connectivity index (χ1v) is 7.48. The topological polar surface area (TPSA) is 111 Å². The summed E-state index contributed by atoms with van der Waals surface area (Å²) >= 11 is 0. The van der Waals surface area contributed by atoms with Crippen molar-refractivity contribution in [2.24, 2.45) is 5.73 Å². The number of hydrogen-bond donors (Lipinski definition) is 2. The van der Waals surface area contributed by atoms with Gasteiger partial charge in [0, 0.05) is 6.54 Å². The molecule has 1 aliphatic rings. The number of nitrogens with two attached hydrogens (primary N) is 1. The smallest absolute Gasteiger partial charge is 0.328 e. The van der Waals surface area contributed by atoms with Crippen molar-refractivity contribution < 1.29 is 23.9 Å². The molecule has 24 heavy (non-hydrogen) atoms. The fraction of sp³-hybridized carbons (Fsp3) is 0.312. The molecule has 128 valence electrons. The molecule has 1 aromatic rings. The molecule has 4 amide bonds. The van der Waals surface area contributed by atoms with Crippen LogP contribution in [0.5, 0.6) is 11.5 Å². The molecule has 2 rings (SSSR count). The Balaban J connectivity index is 2.26. The van der Waals surface area contributed by atoms with Gasteiger partial charge in [0.2, 0.25) is 0 Å². The van der Waals surface area contributed by atoms with Gasteiger partial charge in [0.05, 0.1) is 6.61 Å². The van der Waals surface area contributed by atoms with E-state index in [-0.39, 0.29) is 18.2 Å². The molecule has 0 aliphatic carbocycles. The number of carbonyl (C=O) groups is 3. The van der Waals surface area contributed by atoms with Crippen molar-refractivity contribution in [3.63, 3.8) is 0 Å². The van der Waals surface area contributed by atoms with Crippen LogP contribution in [0.3, 0.4) is 0 Å². The third-order valence-corrected chi connectivity index (χ3v) is 3.23. The predicted octanol–water partition coefficient (Wildman–Crippen LogP) is 0.862. The summed E-state index contributed by atoms with van der Waals surface area (Å²) in [5.41, 5.74) is 5.90. The van der Waals surface area contributed by atoms with E-state index < -0.39 is 11.9 Å². The minimum absolute atomic E-state index is 0.190. The highest BCUT2D eigenvalue weighted by molar-refractivity contribution is 6.13. The van der Waals surface area contributed by atoms with Gasteiger partial charge in [0.1, 0.15) is 5.70 Å². The fourth-order valence-electron chi connectivity index (χ4n) is 2.18. The zero-order chi connectivity index (χ0) is 17.7. The van der Waals surface area contributed by atoms with Crippen LogP contribution in [-0.4, -0.2) is 42.5 Å². The zero-order valence-corrected chi connectivity index (χ0v) is 13.5. The molecule has 0 aromatic heterocycles. The van der Waals surface area contributed by atoms with E-state index >= 15 is 0 Å². The first kappa shape index (κ1) is 17.3. The van der Waals surface area contributed by atoms with Gasteiger partial charge in [0.25, 0.3) is 11.8 Å². The quantitative estimate of drug-likeness (QED) is 0.568. The first-order chi connectivity index (χ1) is 11.5. The molecule has 3 N–H and O–H groups in total. The molecule has 1 aromatic carbocycles. The van der Waals surface area contributed by atoms with Gasteiger partial charge >= 0.3 is 6.03 Å². The summed E-state index contributed by atoms with van der Waals surface area (Å²) in [6.45, 7) is 3.96. The lowest BCUT2D eigenvalue weighted by molar-refractivity contribution is -0.122. The molecule has 0 spiro atoms. The molecule has 1 saturated heterocycles. The minimum atomic E-state index is -0.595. The summed E-state index contributed by atoms with van der Waals surface area (Å²) in [6, 6.07) is 4.50. The Morgan fingerprint density at radius 2 is 2.00 bits per heavy atom. The third-order valence-electron chi connectivity index (χ3n) is 3.23. The second-order valence-corrected chi connectivity index (χ2v) is 4.93. The summed E-state index contributed by atoms with van der Waals surface area (Å²) in [6.07, 6.45) is 1.55. The molecule has 0 saturated carbocycles. The number of rotatable bonds is 7. The molecular weight excluding hydrogens is 314 g/mol. The number of primary amides is 1. The molecule has 1 fully saturated rings. The van der Waals surface area contributed by atoms with Crippen molar-refractivity contribution in [3.8, 4) is 11.5 Å². The number of nitrogens with one attached hydrogen (secondary N) is 1. The lowest BCUT2D eigenvalue weighted by Gasteiger charge is -2.11. The zero-order valence-electron chi connectivity index (χ0n) is 13.5. The number of carbonyl (C=O) groups excluding carboxylic acids is 3. The SMILES string of the molecule is CCOc1cc(/C=C2/NC(=O)N(CC)C2=O)ccc1OCC(N)=O. The van der Waals surface area contributed by atoms with E-state index in [9.17, 15) is 14.4 Å². The average molecular weight is 333 g/mol. The van der Waals surface area contributed by atoms with Gasteiger partial charge in [-0.1, -0.05) is 6.07 Å². The van der Waals surface area contributed by atoms with Crippen molar-refractivity contribution in [1.29, 1.82) is 0 Å². The van der Waals surface area contributed by atoms with Crippen LogP contribution in [0.25, 0.3) is 6.08 Å². The van der Waals surface area contributed by atoms with Crippen molar-refractivity contribution in [2.75, 3.05) is 19.8 Å². The maximum atomic E-state index is 12.1. The fourth-order valence-corrected chi connectivity index (χ4v) is 2.18. The van der Waals surface area contributed by atoms with Gasteiger partial charge in [0.15, 0.2) is 18.1 Å². The Hall–Kier alpha value is -3.03. The van der Waals surface area contributed by atoms with E-state index in [0.717, 1.165) is 4.90 Å². The summed E-state index contributed by atoms with van der Waals surface area (Å²) in [7, 11) is 0. The van der Waals surface area contributed by atoms with E-state index in [1.807, 2.05) is 6.92 Å². The van der Waals surface area contributed by atoms with Crippen LogP contribution in [-0.2, 0) is 9.59 Å². The van der Waals surface area contributed by atoms with Crippen LogP contribution in [0.4, 0.5) is 4.79 Å². The maximum Gasteiger partial charge on any atom is 0.328 e. The molecule has 8 nitrogen and oxygen atoms in total. The number of nitrogens with zero attached hydrogens (tertiary/aromatic N) is 1. The van der Waals surface area contributed by atoms with Crippen LogP contribution in [0, 0.1) is 0 Å². The number of imide groups is 1. The maximum absolute atomic E-state index is 12.1. The van der Waals surface area contributed by atoms with Crippen LogP contribution in [0.2, 0.25) is 0 Å². The molecular formula is C16H19N3O5. The van der Waals surface area contributed by atoms with Gasteiger partial charge in [-0.15, -0.1) is 0 Å². The van der Waals surface area contributed by atoms with Gasteiger partial charge in [-0.3, -0.25) is 14.5 Å². The van der Waals surface area contributed by atoms with Crippen LogP contribution >= 0.6 is 0 Å². The van der Waals surface area contributed by atoms with Crippen molar-refractivity contribution in [1.82, 2.24) is 10.2 Å². The summed E-state index contributed by atoms with van der Waals surface area (Å²) in [4.78, 5) is 35.7. The van der Waals surface area contributed by atoms with E-state index in [1.165, 1.54) is 0 Å². The normalized spacial score (nSPS) is 15.6. The van der Waals surface area contributed by atoms with Gasteiger partial charge in [-0.25, -0.2) is 4.79 Å². The standard InChI is InChI=1S/C16H19N3O5/c1-3-19-15(21)11(18-16(19)22)7-10-5-6-12(24-9-14(17)20)13(8-10)23-4-2/h5-8H,3-4,9H2,1-2H3,(H2,17,20)(H,18,22)/b11-7+. The predicted molar refractivity (Wildman–Crippen MR) is 86.2 cm³/mol. The first-order valence-electron chi connectivity index (χ1n) is 7.48. The second kappa shape index (κ2) is 7.49. The van der Waals surface area contributed by atoms with E-state index in [4.69, 9.17) is 15.2 Å². The third kappa shape index (κ3) is 3.83. The number of amides is 4. The molecule has 1 aliphatic heterocycles. The lowest BCUT2D eigenvalue weighted by atomic mass is 10.1. The molecule has 0 unspecified atom stereocenters. The average Bonchev–Trinajstić information content (AvgIpc) is 2.80. The van der Waals surface area contributed by atoms with Crippen molar-refractivity contribution in [3.05, 3.63) is 29.5 Å². The molecule has 8 heteroatoms. The summed E-state index contributed by atoms with van der Waals surface area (Å²) in [5, 5.41) is 2.52. The monoisotopic (exact) mass is 333 g/mol. The molecule has 1 heterocycles.